The first-order valence-electron chi connectivity index (χ1n) is 9.77. The number of nitrogens with zero attached hydrogens (tertiary/aromatic N) is 5. The van der Waals surface area contributed by atoms with E-state index < -0.39 is 0 Å². The van der Waals surface area contributed by atoms with Gasteiger partial charge in [0.15, 0.2) is 0 Å². The van der Waals surface area contributed by atoms with Gasteiger partial charge in [-0.15, -0.1) is 23.3 Å². The Bertz CT molecular complexity index is 1130. The molecule has 0 spiro atoms. The Labute approximate surface area is 185 Å². The summed E-state index contributed by atoms with van der Waals surface area (Å²) in [6.07, 6.45) is 1.82. The monoisotopic (exact) mass is 565 g/mol. The summed E-state index contributed by atoms with van der Waals surface area (Å²) in [6.45, 7) is 10.9. The molecule has 0 N–H and O–H groups in total. The topological polar surface area (TPSA) is 48.5 Å². The molecule has 4 rings (SSSR count). The van der Waals surface area contributed by atoms with Crippen molar-refractivity contribution in [2.75, 3.05) is 0 Å². The average molecular weight is 565 g/mol. The van der Waals surface area contributed by atoms with Crippen LogP contribution in [0.1, 0.15) is 56.5 Å². The summed E-state index contributed by atoms with van der Waals surface area (Å²) < 4.78 is 4.22. The van der Waals surface area contributed by atoms with Crippen LogP contribution in [0.25, 0.3) is 28.1 Å². The zero-order chi connectivity index (χ0) is 20.0. The van der Waals surface area contributed by atoms with Crippen molar-refractivity contribution in [1.82, 2.24) is 24.3 Å². The molecule has 0 bridgehead atoms. The van der Waals surface area contributed by atoms with Gasteiger partial charge in [-0.3, -0.25) is 4.98 Å². The molecule has 0 saturated carbocycles. The predicted octanol–water partition coefficient (Wildman–Crippen LogP) is 5.17. The molecule has 6 heteroatoms. The second-order valence-corrected chi connectivity index (χ2v) is 7.92. The maximum Gasteiger partial charge on any atom is 0.114 e. The third-order valence-electron chi connectivity index (χ3n) is 5.41. The van der Waals surface area contributed by atoms with Gasteiger partial charge in [-0.25, -0.2) is 0 Å². The van der Waals surface area contributed by atoms with Crippen LogP contribution in [0.2, 0.25) is 0 Å². The normalized spacial score (nSPS) is 11.4. The summed E-state index contributed by atoms with van der Waals surface area (Å²) in [4.78, 5) is 4.66. The molecule has 0 aliphatic rings. The number of fused-ring (bicyclic) bond motifs is 1. The van der Waals surface area contributed by atoms with Crippen LogP contribution in [0.5, 0.6) is 0 Å². The van der Waals surface area contributed by atoms with Crippen molar-refractivity contribution >= 4 is 11.0 Å². The molecule has 4 aromatic rings. The molecule has 2 aromatic heterocycles. The maximum absolute atomic E-state index is 4.66. The average Bonchev–Trinajstić information content (AvgIpc) is 3.26. The van der Waals surface area contributed by atoms with Gasteiger partial charge in [0, 0.05) is 38.4 Å². The molecule has 153 valence electrons. The Morgan fingerprint density at radius 2 is 1.66 bits per heavy atom. The van der Waals surface area contributed by atoms with Crippen LogP contribution in [0.3, 0.4) is 0 Å². The minimum Gasteiger partial charge on any atom is -0.371 e. The van der Waals surface area contributed by atoms with Gasteiger partial charge in [0.05, 0.1) is 11.6 Å². The van der Waals surface area contributed by atoms with Crippen molar-refractivity contribution < 1.29 is 20.1 Å². The second kappa shape index (κ2) is 8.21. The summed E-state index contributed by atoms with van der Waals surface area (Å²) in [6, 6.07) is 13.9. The van der Waals surface area contributed by atoms with Gasteiger partial charge in [0.25, 0.3) is 0 Å². The van der Waals surface area contributed by atoms with Crippen molar-refractivity contribution in [3.63, 3.8) is 0 Å². The van der Waals surface area contributed by atoms with Crippen LogP contribution in [0.15, 0.2) is 36.7 Å². The largest absolute Gasteiger partial charge is 0.371 e. The van der Waals surface area contributed by atoms with Gasteiger partial charge in [0.2, 0.25) is 0 Å². The number of rotatable bonds is 4. The fraction of sp³-hybridized carbons (Fsp3) is 0.348. The molecule has 0 unspecified atom stereocenters. The van der Waals surface area contributed by atoms with Crippen LogP contribution < -0.4 is 0 Å². The zero-order valence-electron chi connectivity index (χ0n) is 17.7. The number of imidazole rings is 1. The molecule has 0 aliphatic heterocycles. The van der Waals surface area contributed by atoms with Crippen LogP contribution >= 0.6 is 0 Å². The summed E-state index contributed by atoms with van der Waals surface area (Å²) in [5.41, 5.74) is 6.66. The predicted molar refractivity (Wildman–Crippen MR) is 113 cm³/mol. The molecule has 0 amide bonds. The van der Waals surface area contributed by atoms with Gasteiger partial charge in [0.1, 0.15) is 6.33 Å². The quantitative estimate of drug-likeness (QED) is 0.321. The first-order valence-corrected chi connectivity index (χ1v) is 9.77. The molecular weight excluding hydrogens is 539 g/mol. The molecule has 5 nitrogen and oxygen atoms in total. The number of para-hydroxylation sites is 1. The number of hydrogen-bond donors (Lipinski definition) is 0. The number of benzene rings is 2. The van der Waals surface area contributed by atoms with E-state index in [4.69, 9.17) is 0 Å². The minimum atomic E-state index is 0. The first kappa shape index (κ1) is 21.4. The van der Waals surface area contributed by atoms with Gasteiger partial charge >= 0.3 is 0 Å². The van der Waals surface area contributed by atoms with E-state index in [0.29, 0.717) is 11.8 Å². The third kappa shape index (κ3) is 3.56. The van der Waals surface area contributed by atoms with E-state index in [1.165, 1.54) is 16.8 Å². The molecule has 1 radical (unpaired) electrons. The van der Waals surface area contributed by atoms with E-state index >= 15 is 0 Å². The molecule has 2 aromatic carbocycles. The van der Waals surface area contributed by atoms with Gasteiger partial charge < -0.3 is 9.13 Å². The van der Waals surface area contributed by atoms with E-state index in [0.717, 1.165) is 28.2 Å². The van der Waals surface area contributed by atoms with Crippen molar-refractivity contribution in [1.29, 1.82) is 0 Å². The molecule has 2 heterocycles. The summed E-state index contributed by atoms with van der Waals surface area (Å²) in [5, 5.41) is 8.79. The summed E-state index contributed by atoms with van der Waals surface area (Å²) in [5.74, 6) is 2.54. The molecule has 0 aliphatic carbocycles. The second-order valence-electron chi connectivity index (χ2n) is 7.92. The number of aromatic nitrogens is 5. The van der Waals surface area contributed by atoms with Gasteiger partial charge in [-0.1, -0.05) is 51.5 Å². The standard InChI is InChI=1S/C23H26N5.Ir/c1-14(2)17-9-7-10-18(15(3)4)21(17)28-13-24-26-23(28)19-11-8-12-20-22(19)27(6)16(5)25-20;/h7-10,12-15H,1-6H3;/q-1;. The number of aryl methyl sites for hydroxylation is 2. The Hall–Kier alpha value is -2.30. The Kier molecular flexibility index (Phi) is 6.06. The van der Waals surface area contributed by atoms with Crippen molar-refractivity contribution in [2.45, 2.75) is 46.5 Å². The smallest absolute Gasteiger partial charge is 0.114 e. The molecule has 0 fully saturated rings. The van der Waals surface area contributed by atoms with E-state index in [2.05, 4.69) is 76.3 Å². The Balaban J connectivity index is 0.00000240. The van der Waals surface area contributed by atoms with Crippen LogP contribution in [-0.2, 0) is 27.2 Å². The van der Waals surface area contributed by atoms with Crippen molar-refractivity contribution in [2.24, 2.45) is 7.05 Å². The molecule has 29 heavy (non-hydrogen) atoms. The van der Waals surface area contributed by atoms with Crippen molar-refractivity contribution in [3.05, 3.63) is 59.7 Å². The van der Waals surface area contributed by atoms with E-state index in [-0.39, 0.29) is 20.1 Å². The SMILES string of the molecule is Cc1nc2cc[c-]c(-c3nncn3-c3c(C(C)C)cccc3C(C)C)c2n1C.[Ir]. The Morgan fingerprint density at radius 1 is 1.00 bits per heavy atom. The van der Waals surface area contributed by atoms with E-state index in [1.807, 2.05) is 32.4 Å². The summed E-state index contributed by atoms with van der Waals surface area (Å²) >= 11 is 0. The van der Waals surface area contributed by atoms with Crippen LogP contribution in [-0.4, -0.2) is 24.3 Å². The van der Waals surface area contributed by atoms with Gasteiger partial charge in [-0.2, -0.15) is 5.10 Å². The van der Waals surface area contributed by atoms with Crippen LogP contribution in [0, 0.1) is 13.0 Å². The maximum atomic E-state index is 4.66. The van der Waals surface area contributed by atoms with E-state index in [1.54, 1.807) is 0 Å². The van der Waals surface area contributed by atoms with Crippen LogP contribution in [0.4, 0.5) is 0 Å². The Morgan fingerprint density at radius 3 is 2.28 bits per heavy atom. The molecule has 0 atom stereocenters. The number of hydrogen-bond acceptors (Lipinski definition) is 3. The first-order chi connectivity index (χ1) is 13.4. The fourth-order valence-corrected chi connectivity index (χ4v) is 3.85. The zero-order valence-corrected chi connectivity index (χ0v) is 20.1. The summed E-state index contributed by atoms with van der Waals surface area (Å²) in [7, 11) is 2.03. The van der Waals surface area contributed by atoms with Gasteiger partial charge in [-0.05, 0) is 35.4 Å². The van der Waals surface area contributed by atoms with Crippen molar-refractivity contribution in [3.8, 4) is 17.1 Å². The molecule has 0 saturated heterocycles. The fourth-order valence-electron chi connectivity index (χ4n) is 3.85. The minimum absolute atomic E-state index is 0. The van der Waals surface area contributed by atoms with E-state index in [9.17, 15) is 0 Å². The third-order valence-corrected chi connectivity index (χ3v) is 5.41. The molecular formula is C23H26IrN5-.